The van der Waals surface area contributed by atoms with E-state index in [1.165, 1.54) is 13.2 Å². The first kappa shape index (κ1) is 18.1. The highest BCUT2D eigenvalue weighted by Crippen LogP contribution is 2.35. The van der Waals surface area contributed by atoms with Crippen LogP contribution in [-0.2, 0) is 14.2 Å². The SMILES string of the molecule is COCCOC(COc1c(C#N)cc(Cl)c(F)c1Br)OC. The van der Waals surface area contributed by atoms with Crippen molar-refractivity contribution in [3.63, 3.8) is 0 Å². The van der Waals surface area contributed by atoms with Crippen LogP contribution in [-0.4, -0.2) is 40.3 Å². The van der Waals surface area contributed by atoms with Crippen LogP contribution in [0.2, 0.25) is 5.02 Å². The molecule has 21 heavy (non-hydrogen) atoms. The second-order valence-electron chi connectivity index (χ2n) is 3.81. The van der Waals surface area contributed by atoms with Crippen molar-refractivity contribution < 1.29 is 23.3 Å². The van der Waals surface area contributed by atoms with Crippen LogP contribution in [0.5, 0.6) is 5.75 Å². The Morgan fingerprint density at radius 2 is 2.14 bits per heavy atom. The van der Waals surface area contributed by atoms with E-state index < -0.39 is 12.1 Å². The van der Waals surface area contributed by atoms with Gasteiger partial charge < -0.3 is 18.9 Å². The summed E-state index contributed by atoms with van der Waals surface area (Å²) in [6.07, 6.45) is -0.669. The maximum absolute atomic E-state index is 13.7. The topological polar surface area (TPSA) is 60.7 Å². The van der Waals surface area contributed by atoms with Gasteiger partial charge in [0, 0.05) is 14.2 Å². The van der Waals surface area contributed by atoms with Gasteiger partial charge in [-0.05, 0) is 22.0 Å². The van der Waals surface area contributed by atoms with Crippen molar-refractivity contribution in [3.8, 4) is 11.8 Å². The lowest BCUT2D eigenvalue weighted by atomic mass is 10.2. The number of hydrogen-bond donors (Lipinski definition) is 0. The lowest BCUT2D eigenvalue weighted by Crippen LogP contribution is -2.25. The molecule has 0 amide bonds. The van der Waals surface area contributed by atoms with Crippen molar-refractivity contribution in [2.75, 3.05) is 34.0 Å². The van der Waals surface area contributed by atoms with Gasteiger partial charge in [0.25, 0.3) is 0 Å². The van der Waals surface area contributed by atoms with Crippen LogP contribution in [0.15, 0.2) is 10.5 Å². The molecule has 5 nitrogen and oxygen atoms in total. The van der Waals surface area contributed by atoms with Crippen LogP contribution in [0.1, 0.15) is 5.56 Å². The van der Waals surface area contributed by atoms with E-state index in [0.29, 0.717) is 13.2 Å². The molecule has 0 bridgehead atoms. The second kappa shape index (κ2) is 9.18. The average Bonchev–Trinajstić information content (AvgIpc) is 2.49. The van der Waals surface area contributed by atoms with Crippen LogP contribution < -0.4 is 4.74 Å². The first-order chi connectivity index (χ1) is 10.0. The molecular formula is C13H14BrClFNO4. The molecule has 0 fully saturated rings. The molecule has 8 heteroatoms. The molecule has 116 valence electrons. The minimum absolute atomic E-state index is 0.0155. The van der Waals surface area contributed by atoms with Crippen molar-refractivity contribution in [2.45, 2.75) is 6.29 Å². The smallest absolute Gasteiger partial charge is 0.191 e. The standard InChI is InChI=1S/C13H14BrClFNO4/c1-18-3-4-20-10(19-2)7-21-13-8(6-17)5-9(15)12(16)11(13)14/h5,10H,3-4,7H2,1-2H3. The number of benzene rings is 1. The summed E-state index contributed by atoms with van der Waals surface area (Å²) in [5, 5.41) is 8.88. The highest BCUT2D eigenvalue weighted by atomic mass is 79.9. The van der Waals surface area contributed by atoms with E-state index in [2.05, 4.69) is 15.9 Å². The lowest BCUT2D eigenvalue weighted by molar-refractivity contribution is -0.147. The maximum Gasteiger partial charge on any atom is 0.191 e. The fraction of sp³-hybridized carbons (Fsp3) is 0.462. The summed E-state index contributed by atoms with van der Waals surface area (Å²) >= 11 is 8.69. The average molecular weight is 383 g/mol. The van der Waals surface area contributed by atoms with Gasteiger partial charge in [-0.3, -0.25) is 0 Å². The second-order valence-corrected chi connectivity index (χ2v) is 5.01. The Balaban J connectivity index is 2.78. The molecule has 1 aromatic rings. The summed E-state index contributed by atoms with van der Waals surface area (Å²) in [7, 11) is 3.00. The fourth-order valence-electron chi connectivity index (χ4n) is 1.40. The lowest BCUT2D eigenvalue weighted by Gasteiger charge is -2.18. The molecule has 0 heterocycles. The molecule has 0 aliphatic rings. The third-order valence-electron chi connectivity index (χ3n) is 2.46. The number of rotatable bonds is 8. The van der Waals surface area contributed by atoms with Gasteiger partial charge in [-0.25, -0.2) is 4.39 Å². The van der Waals surface area contributed by atoms with Gasteiger partial charge in [0.2, 0.25) is 0 Å². The van der Waals surface area contributed by atoms with Crippen molar-refractivity contribution in [1.29, 1.82) is 5.26 Å². The molecule has 1 atom stereocenters. The number of methoxy groups -OCH3 is 2. The van der Waals surface area contributed by atoms with Crippen molar-refractivity contribution in [3.05, 3.63) is 26.9 Å². The minimum atomic E-state index is -0.695. The predicted octanol–water partition coefficient (Wildman–Crippen LogP) is 3.13. The zero-order chi connectivity index (χ0) is 15.8. The molecule has 0 N–H and O–H groups in total. The summed E-state index contributed by atoms with van der Waals surface area (Å²) in [6.45, 7) is 0.705. The molecule has 0 saturated heterocycles. The Morgan fingerprint density at radius 3 is 2.71 bits per heavy atom. The first-order valence-electron chi connectivity index (χ1n) is 5.88. The first-order valence-corrected chi connectivity index (χ1v) is 7.06. The zero-order valence-electron chi connectivity index (χ0n) is 11.5. The summed E-state index contributed by atoms with van der Waals surface area (Å²) in [5.41, 5.74) is 0.111. The Hall–Kier alpha value is -0.910. The van der Waals surface area contributed by atoms with E-state index >= 15 is 0 Å². The van der Waals surface area contributed by atoms with Gasteiger partial charge in [-0.15, -0.1) is 0 Å². The summed E-state index contributed by atoms with van der Waals surface area (Å²) in [6, 6.07) is 3.09. The molecule has 1 aromatic carbocycles. The van der Waals surface area contributed by atoms with Crippen molar-refractivity contribution in [1.82, 2.24) is 0 Å². The molecule has 0 radical (unpaired) electrons. The Bertz CT molecular complexity index is 524. The fourth-order valence-corrected chi connectivity index (χ4v) is 2.26. The molecule has 0 saturated carbocycles. The van der Waals surface area contributed by atoms with Crippen LogP contribution >= 0.6 is 27.5 Å². The van der Waals surface area contributed by atoms with Gasteiger partial charge in [0.15, 0.2) is 17.9 Å². The van der Waals surface area contributed by atoms with Crippen LogP contribution in [0.3, 0.4) is 0 Å². The Kier molecular flexibility index (Phi) is 7.93. The molecule has 0 aromatic heterocycles. The molecule has 0 spiro atoms. The Morgan fingerprint density at radius 1 is 1.43 bits per heavy atom. The largest absolute Gasteiger partial charge is 0.486 e. The third kappa shape index (κ3) is 5.09. The quantitative estimate of drug-likeness (QED) is 0.393. The third-order valence-corrected chi connectivity index (χ3v) is 3.44. The van der Waals surface area contributed by atoms with Crippen LogP contribution in [0.4, 0.5) is 4.39 Å². The van der Waals surface area contributed by atoms with E-state index in [1.807, 2.05) is 6.07 Å². The molecule has 1 unspecified atom stereocenters. The van der Waals surface area contributed by atoms with Gasteiger partial charge in [-0.2, -0.15) is 5.26 Å². The monoisotopic (exact) mass is 381 g/mol. The number of nitrogens with zero attached hydrogens (tertiary/aromatic N) is 1. The number of ether oxygens (including phenoxy) is 4. The zero-order valence-corrected chi connectivity index (χ0v) is 13.8. The summed E-state index contributed by atoms with van der Waals surface area (Å²) in [5.74, 6) is -0.642. The van der Waals surface area contributed by atoms with E-state index in [9.17, 15) is 4.39 Å². The van der Waals surface area contributed by atoms with Crippen LogP contribution in [0.25, 0.3) is 0 Å². The van der Waals surface area contributed by atoms with E-state index in [4.69, 9.17) is 35.8 Å². The number of nitriles is 1. The van der Waals surface area contributed by atoms with Gasteiger partial charge in [0.05, 0.1) is 28.3 Å². The highest BCUT2D eigenvalue weighted by Gasteiger charge is 2.19. The minimum Gasteiger partial charge on any atom is -0.486 e. The molecular weight excluding hydrogens is 369 g/mol. The Labute approximate surface area is 135 Å². The van der Waals surface area contributed by atoms with E-state index in [1.54, 1.807) is 7.11 Å². The molecule has 0 aliphatic heterocycles. The normalized spacial score (nSPS) is 12.0. The summed E-state index contributed by atoms with van der Waals surface area (Å²) < 4.78 is 34.4. The van der Waals surface area contributed by atoms with Crippen LogP contribution in [0, 0.1) is 17.1 Å². The number of halogens is 3. The number of hydrogen-bond acceptors (Lipinski definition) is 5. The van der Waals surface area contributed by atoms with Gasteiger partial charge in [0.1, 0.15) is 12.7 Å². The van der Waals surface area contributed by atoms with Crippen molar-refractivity contribution in [2.24, 2.45) is 0 Å². The van der Waals surface area contributed by atoms with E-state index in [0.717, 1.165) is 0 Å². The van der Waals surface area contributed by atoms with Gasteiger partial charge >= 0.3 is 0 Å². The van der Waals surface area contributed by atoms with Crippen molar-refractivity contribution >= 4 is 27.5 Å². The maximum atomic E-state index is 13.7. The molecule has 1 rings (SSSR count). The van der Waals surface area contributed by atoms with E-state index in [-0.39, 0.29) is 27.4 Å². The summed E-state index contributed by atoms with van der Waals surface area (Å²) in [4.78, 5) is 0. The predicted molar refractivity (Wildman–Crippen MR) is 77.9 cm³/mol. The van der Waals surface area contributed by atoms with Gasteiger partial charge in [-0.1, -0.05) is 11.6 Å². The molecule has 0 aliphatic carbocycles. The highest BCUT2D eigenvalue weighted by molar-refractivity contribution is 9.10.